The molecule has 1 rings (SSSR count). The Morgan fingerprint density at radius 3 is 1.93 bits per heavy atom. The van der Waals surface area contributed by atoms with Gasteiger partial charge >= 0.3 is 7.25 Å². The van der Waals surface area contributed by atoms with E-state index < -0.39 is 7.25 Å². The fourth-order valence-electron chi connectivity index (χ4n) is 0.652. The van der Waals surface area contributed by atoms with Crippen LogP contribution in [0, 0.1) is 6.92 Å². The van der Waals surface area contributed by atoms with Gasteiger partial charge in [-0.2, -0.15) is 0 Å². The zero-order chi connectivity index (χ0) is 11.4. The monoisotopic (exact) mass is 273 g/mol. The SMILES string of the molecule is Cc1ccc([NH3+])c(Br)c1.F[B-](F)(F)F. The van der Waals surface area contributed by atoms with E-state index in [2.05, 4.69) is 34.7 Å². The van der Waals surface area contributed by atoms with E-state index in [1.54, 1.807) is 0 Å². The predicted octanol–water partition coefficient (Wildman–Crippen LogP) is 2.93. The number of hydrogen-bond donors (Lipinski definition) is 1. The van der Waals surface area contributed by atoms with Crippen molar-refractivity contribution in [3.63, 3.8) is 0 Å². The minimum atomic E-state index is -6.00. The maximum atomic E-state index is 9.75. The summed E-state index contributed by atoms with van der Waals surface area (Å²) in [5.41, 5.74) is 6.12. The van der Waals surface area contributed by atoms with Crippen LogP contribution in [0.5, 0.6) is 0 Å². The first-order chi connectivity index (χ1) is 6.20. The zero-order valence-electron chi connectivity index (χ0n) is 7.41. The molecule has 0 aliphatic heterocycles. The van der Waals surface area contributed by atoms with Gasteiger partial charge in [0, 0.05) is 6.07 Å². The van der Waals surface area contributed by atoms with E-state index in [4.69, 9.17) is 0 Å². The highest BCUT2D eigenvalue weighted by atomic mass is 79.9. The predicted molar refractivity (Wildman–Crippen MR) is 51.6 cm³/mol. The Bertz CT molecular complexity index is 296. The molecule has 0 aromatic heterocycles. The molecule has 0 amide bonds. The van der Waals surface area contributed by atoms with E-state index in [-0.39, 0.29) is 0 Å². The molecular formula is C7H9BBrF4N. The summed E-state index contributed by atoms with van der Waals surface area (Å²) in [6.07, 6.45) is 0. The fraction of sp³-hybridized carbons (Fsp3) is 0.143. The molecule has 0 unspecified atom stereocenters. The van der Waals surface area contributed by atoms with Crippen molar-refractivity contribution >= 4 is 28.9 Å². The smallest absolute Gasteiger partial charge is 0.418 e. The summed E-state index contributed by atoms with van der Waals surface area (Å²) in [7, 11) is -6.00. The first kappa shape index (κ1) is 13.4. The zero-order valence-corrected chi connectivity index (χ0v) is 8.99. The van der Waals surface area contributed by atoms with Gasteiger partial charge in [0.05, 0.1) is 4.47 Å². The molecule has 0 saturated heterocycles. The molecule has 0 fully saturated rings. The van der Waals surface area contributed by atoms with Crippen molar-refractivity contribution < 1.29 is 23.0 Å². The van der Waals surface area contributed by atoms with Crippen molar-refractivity contribution in [3.8, 4) is 0 Å². The summed E-state index contributed by atoms with van der Waals surface area (Å²) in [5, 5.41) is 0. The average Bonchev–Trinajstić information content (AvgIpc) is 1.94. The Morgan fingerprint density at radius 2 is 1.64 bits per heavy atom. The summed E-state index contributed by atoms with van der Waals surface area (Å²) in [6.45, 7) is 2.06. The van der Waals surface area contributed by atoms with Crippen LogP contribution in [0.4, 0.5) is 23.0 Å². The van der Waals surface area contributed by atoms with Crippen LogP contribution in [0.15, 0.2) is 22.7 Å². The molecule has 0 radical (unpaired) electrons. The van der Waals surface area contributed by atoms with Gasteiger partial charge in [-0.05, 0) is 34.5 Å². The first-order valence-electron chi connectivity index (χ1n) is 3.65. The summed E-state index contributed by atoms with van der Waals surface area (Å²) < 4.78 is 40.1. The Hall–Kier alpha value is -0.555. The van der Waals surface area contributed by atoms with Crippen LogP contribution in [0.3, 0.4) is 0 Å². The number of benzene rings is 1. The molecule has 3 N–H and O–H groups in total. The number of rotatable bonds is 0. The maximum Gasteiger partial charge on any atom is 0.673 e. The van der Waals surface area contributed by atoms with Crippen LogP contribution in [0.1, 0.15) is 5.56 Å². The van der Waals surface area contributed by atoms with Crippen molar-refractivity contribution in [2.45, 2.75) is 6.92 Å². The van der Waals surface area contributed by atoms with Crippen molar-refractivity contribution in [3.05, 3.63) is 28.2 Å². The summed E-state index contributed by atoms with van der Waals surface area (Å²) in [5.74, 6) is 0. The Labute approximate surface area is 87.5 Å². The lowest BCUT2D eigenvalue weighted by Gasteiger charge is -1.94. The quantitative estimate of drug-likeness (QED) is 0.556. The van der Waals surface area contributed by atoms with E-state index in [0.29, 0.717) is 0 Å². The molecular weight excluding hydrogens is 265 g/mol. The lowest BCUT2D eigenvalue weighted by molar-refractivity contribution is -0.255. The molecule has 0 bridgehead atoms. The fourth-order valence-corrected chi connectivity index (χ4v) is 1.15. The largest absolute Gasteiger partial charge is 0.673 e. The van der Waals surface area contributed by atoms with E-state index in [0.717, 1.165) is 10.2 Å². The van der Waals surface area contributed by atoms with Crippen LogP contribution < -0.4 is 5.73 Å². The topological polar surface area (TPSA) is 27.6 Å². The number of hydrogen-bond acceptors (Lipinski definition) is 0. The molecule has 1 aromatic carbocycles. The third-order valence-electron chi connectivity index (χ3n) is 1.21. The summed E-state index contributed by atoms with van der Waals surface area (Å²) in [6, 6.07) is 6.11. The molecule has 0 saturated carbocycles. The van der Waals surface area contributed by atoms with Gasteiger partial charge in [-0.25, -0.2) is 0 Å². The highest BCUT2D eigenvalue weighted by Crippen LogP contribution is 2.17. The molecule has 1 nitrogen and oxygen atoms in total. The van der Waals surface area contributed by atoms with E-state index >= 15 is 0 Å². The number of quaternary nitrogens is 1. The van der Waals surface area contributed by atoms with Crippen LogP contribution in [0.2, 0.25) is 0 Å². The number of halogens is 5. The number of aryl methyl sites for hydroxylation is 1. The van der Waals surface area contributed by atoms with Crippen molar-refractivity contribution in [1.29, 1.82) is 0 Å². The molecule has 1 aromatic rings. The van der Waals surface area contributed by atoms with Gasteiger partial charge in [0.15, 0.2) is 0 Å². The van der Waals surface area contributed by atoms with Gasteiger partial charge in [0.1, 0.15) is 5.69 Å². The highest BCUT2D eigenvalue weighted by molar-refractivity contribution is 9.10. The molecule has 0 heterocycles. The van der Waals surface area contributed by atoms with E-state index in [1.807, 2.05) is 12.1 Å². The average molecular weight is 274 g/mol. The standard InChI is InChI=1S/C7H8BrN.BF4/c1-5-2-3-7(9)6(8)4-5;2-1(3,4)5/h2-4H,9H2,1H3;/q;-1/p+1. The van der Waals surface area contributed by atoms with Gasteiger partial charge in [-0.3, -0.25) is 0 Å². The van der Waals surface area contributed by atoms with Crippen LogP contribution in [-0.2, 0) is 0 Å². The lowest BCUT2D eigenvalue weighted by Crippen LogP contribution is -2.40. The molecule has 0 atom stereocenters. The molecule has 14 heavy (non-hydrogen) atoms. The third-order valence-corrected chi connectivity index (χ3v) is 1.95. The molecule has 0 aliphatic carbocycles. The molecule has 7 heteroatoms. The Balaban J connectivity index is 0.000000292. The second-order valence-corrected chi connectivity index (χ2v) is 3.44. The molecule has 0 spiro atoms. The van der Waals surface area contributed by atoms with Gasteiger partial charge < -0.3 is 23.0 Å². The van der Waals surface area contributed by atoms with Crippen molar-refractivity contribution in [2.75, 3.05) is 0 Å². The van der Waals surface area contributed by atoms with Gasteiger partial charge in [0.25, 0.3) is 0 Å². The van der Waals surface area contributed by atoms with Crippen molar-refractivity contribution in [2.24, 2.45) is 0 Å². The summed E-state index contributed by atoms with van der Waals surface area (Å²) in [4.78, 5) is 0. The summed E-state index contributed by atoms with van der Waals surface area (Å²) >= 11 is 3.38. The third kappa shape index (κ3) is 8.06. The normalized spacial score (nSPS) is 10.5. The second-order valence-electron chi connectivity index (χ2n) is 2.59. The molecule has 80 valence electrons. The van der Waals surface area contributed by atoms with Crippen molar-refractivity contribution in [1.82, 2.24) is 0 Å². The van der Waals surface area contributed by atoms with Crippen LogP contribution in [0.25, 0.3) is 0 Å². The van der Waals surface area contributed by atoms with Gasteiger partial charge in [0.2, 0.25) is 0 Å². The lowest BCUT2D eigenvalue weighted by atomic mass is 10.2. The molecule has 0 aliphatic rings. The van der Waals surface area contributed by atoms with Gasteiger partial charge in [-0.15, -0.1) is 0 Å². The first-order valence-corrected chi connectivity index (χ1v) is 4.45. The minimum absolute atomic E-state index is 1.04. The second kappa shape index (κ2) is 5.36. The Kier molecular flexibility index (Phi) is 5.14. The Morgan fingerprint density at radius 1 is 1.21 bits per heavy atom. The highest BCUT2D eigenvalue weighted by Gasteiger charge is 2.20. The van der Waals surface area contributed by atoms with Crippen LogP contribution >= 0.6 is 15.9 Å². The van der Waals surface area contributed by atoms with E-state index in [9.17, 15) is 17.3 Å². The maximum absolute atomic E-state index is 9.75. The van der Waals surface area contributed by atoms with Gasteiger partial charge in [-0.1, -0.05) is 6.07 Å². The van der Waals surface area contributed by atoms with Crippen LogP contribution in [-0.4, -0.2) is 7.25 Å². The van der Waals surface area contributed by atoms with E-state index in [1.165, 1.54) is 5.56 Å². The minimum Gasteiger partial charge on any atom is -0.418 e.